The number of hydrogen-bond donors (Lipinski definition) is 2. The minimum atomic E-state index is -0.580. The van der Waals surface area contributed by atoms with E-state index in [4.69, 9.17) is 15.9 Å². The van der Waals surface area contributed by atoms with Crippen LogP contribution in [0.1, 0.15) is 42.1 Å². The van der Waals surface area contributed by atoms with Crippen LogP contribution in [0, 0.1) is 5.41 Å². The molecular formula is C23H25ClN4O3. The quantitative estimate of drug-likeness (QED) is 0.348. The van der Waals surface area contributed by atoms with Gasteiger partial charge in [-0.1, -0.05) is 30.3 Å². The minimum Gasteiger partial charge on any atom is -0.465 e. The molecule has 3 N–H and O–H groups in total. The summed E-state index contributed by atoms with van der Waals surface area (Å²) in [7, 11) is 1.73. The third-order valence-electron chi connectivity index (χ3n) is 5.75. The Morgan fingerprint density at radius 1 is 1.23 bits per heavy atom. The molecule has 0 spiro atoms. The van der Waals surface area contributed by atoms with Crippen LogP contribution in [0.4, 0.5) is 0 Å². The Balaban J connectivity index is 0.00000272. The Bertz CT molecular complexity index is 1210. The van der Waals surface area contributed by atoms with Gasteiger partial charge in [0.2, 0.25) is 0 Å². The van der Waals surface area contributed by atoms with Gasteiger partial charge in [0.05, 0.1) is 23.1 Å². The predicted molar refractivity (Wildman–Crippen MR) is 122 cm³/mol. The van der Waals surface area contributed by atoms with Crippen molar-refractivity contribution in [1.29, 1.82) is 5.41 Å². The van der Waals surface area contributed by atoms with Crippen molar-refractivity contribution in [1.82, 2.24) is 9.55 Å². The summed E-state index contributed by atoms with van der Waals surface area (Å²) >= 11 is 0. The van der Waals surface area contributed by atoms with E-state index in [-0.39, 0.29) is 29.8 Å². The van der Waals surface area contributed by atoms with E-state index < -0.39 is 5.41 Å². The lowest BCUT2D eigenvalue weighted by molar-refractivity contribution is -0.146. The molecule has 0 aliphatic heterocycles. The highest BCUT2D eigenvalue weighted by Gasteiger charge is 2.52. The van der Waals surface area contributed by atoms with Crippen LogP contribution in [0.3, 0.4) is 0 Å². The predicted octanol–water partition coefficient (Wildman–Crippen LogP) is 2.82. The van der Waals surface area contributed by atoms with Gasteiger partial charge in [0.25, 0.3) is 5.56 Å². The van der Waals surface area contributed by atoms with Crippen LogP contribution in [-0.4, -0.2) is 28.0 Å². The highest BCUT2D eigenvalue weighted by molar-refractivity contribution is 5.94. The monoisotopic (exact) mass is 440 g/mol. The van der Waals surface area contributed by atoms with Gasteiger partial charge in [-0.05, 0) is 43.0 Å². The summed E-state index contributed by atoms with van der Waals surface area (Å²) in [4.78, 5) is 29.9. The molecule has 0 amide bonds. The summed E-state index contributed by atoms with van der Waals surface area (Å²) in [5.41, 5.74) is 9.03. The zero-order chi connectivity index (χ0) is 21.5. The SMILES string of the molecule is CCOC(=O)C1(c2ccc3c(c2)nc(Cc2ccc(C(=N)N)cc2)c(=O)n3C)CC1.Cl. The van der Waals surface area contributed by atoms with Gasteiger partial charge in [0.15, 0.2) is 0 Å². The van der Waals surface area contributed by atoms with E-state index in [1.54, 1.807) is 30.7 Å². The standard InChI is InChI=1S/C23H24N4O3.ClH/c1-3-30-22(29)23(10-11-23)16-8-9-19-17(13-16)26-18(21(28)27(19)2)12-14-4-6-15(7-5-14)20(24)25;/h4-9,13H,3,10-12H2,1-2H3,(H3,24,25);1H. The lowest BCUT2D eigenvalue weighted by Crippen LogP contribution is -2.25. The summed E-state index contributed by atoms with van der Waals surface area (Å²) in [5, 5.41) is 7.49. The Morgan fingerprint density at radius 2 is 1.90 bits per heavy atom. The van der Waals surface area contributed by atoms with Gasteiger partial charge in [-0.25, -0.2) is 4.98 Å². The molecule has 0 unspecified atom stereocenters. The zero-order valence-corrected chi connectivity index (χ0v) is 18.3. The number of aryl methyl sites for hydroxylation is 1. The molecule has 2 aromatic carbocycles. The van der Waals surface area contributed by atoms with Gasteiger partial charge in [0, 0.05) is 19.0 Å². The number of ether oxygens (including phenoxy) is 1. The fourth-order valence-electron chi connectivity index (χ4n) is 3.81. The van der Waals surface area contributed by atoms with E-state index in [1.165, 1.54) is 0 Å². The molecule has 0 atom stereocenters. The molecule has 162 valence electrons. The molecule has 0 saturated heterocycles. The number of nitrogens with zero attached hydrogens (tertiary/aromatic N) is 2. The van der Waals surface area contributed by atoms with Gasteiger partial charge in [0.1, 0.15) is 11.5 Å². The van der Waals surface area contributed by atoms with E-state index in [1.807, 2.05) is 30.3 Å². The average Bonchev–Trinajstić information content (AvgIpc) is 3.54. The van der Waals surface area contributed by atoms with Crippen LogP contribution in [0.5, 0.6) is 0 Å². The number of fused-ring (bicyclic) bond motifs is 1. The third-order valence-corrected chi connectivity index (χ3v) is 5.75. The average molecular weight is 441 g/mol. The highest BCUT2D eigenvalue weighted by atomic mass is 35.5. The maximum Gasteiger partial charge on any atom is 0.316 e. The number of amidine groups is 1. The van der Waals surface area contributed by atoms with E-state index >= 15 is 0 Å². The van der Waals surface area contributed by atoms with Crippen molar-refractivity contribution in [3.63, 3.8) is 0 Å². The van der Waals surface area contributed by atoms with Crippen molar-refractivity contribution < 1.29 is 9.53 Å². The first kappa shape index (κ1) is 22.5. The number of esters is 1. The Labute approximate surface area is 186 Å². The third kappa shape index (κ3) is 4.05. The van der Waals surface area contributed by atoms with E-state index in [0.29, 0.717) is 29.8 Å². The minimum absolute atomic E-state index is 0. The highest BCUT2D eigenvalue weighted by Crippen LogP contribution is 2.49. The number of halogens is 1. The first-order chi connectivity index (χ1) is 14.4. The van der Waals surface area contributed by atoms with Crippen molar-refractivity contribution in [2.75, 3.05) is 6.61 Å². The largest absolute Gasteiger partial charge is 0.465 e. The van der Waals surface area contributed by atoms with Crippen LogP contribution in [0.25, 0.3) is 11.0 Å². The topological polar surface area (TPSA) is 111 Å². The summed E-state index contributed by atoms with van der Waals surface area (Å²) in [6, 6.07) is 12.9. The number of nitrogens with two attached hydrogens (primary N) is 1. The fraction of sp³-hybridized carbons (Fsp3) is 0.304. The Kier molecular flexibility index (Phi) is 6.18. The maximum atomic E-state index is 12.8. The number of carbonyl (C=O) groups excluding carboxylic acids is 1. The van der Waals surface area contributed by atoms with Crippen LogP contribution in [0.2, 0.25) is 0 Å². The molecule has 31 heavy (non-hydrogen) atoms. The number of carbonyl (C=O) groups is 1. The summed E-state index contributed by atoms with van der Waals surface area (Å²) in [5.74, 6) is -0.190. The van der Waals surface area contributed by atoms with Crippen molar-refractivity contribution >= 4 is 35.2 Å². The van der Waals surface area contributed by atoms with Gasteiger partial charge in [-0.15, -0.1) is 12.4 Å². The van der Waals surface area contributed by atoms with Crippen molar-refractivity contribution in [2.24, 2.45) is 12.8 Å². The second kappa shape index (κ2) is 8.51. The molecule has 4 rings (SSSR count). The second-order valence-electron chi connectivity index (χ2n) is 7.72. The van der Waals surface area contributed by atoms with Crippen LogP contribution >= 0.6 is 12.4 Å². The lowest BCUT2D eigenvalue weighted by atomic mass is 9.95. The number of nitrogens with one attached hydrogen (secondary N) is 1. The molecule has 7 nitrogen and oxygen atoms in total. The van der Waals surface area contributed by atoms with Crippen LogP contribution < -0.4 is 11.3 Å². The molecule has 1 aromatic heterocycles. The molecule has 8 heteroatoms. The van der Waals surface area contributed by atoms with Gasteiger partial charge in [-0.2, -0.15) is 0 Å². The van der Waals surface area contributed by atoms with Gasteiger partial charge >= 0.3 is 5.97 Å². The van der Waals surface area contributed by atoms with Crippen molar-refractivity contribution in [2.45, 2.75) is 31.6 Å². The van der Waals surface area contributed by atoms with Crippen LogP contribution in [-0.2, 0) is 28.4 Å². The van der Waals surface area contributed by atoms with Gasteiger partial charge < -0.3 is 15.0 Å². The summed E-state index contributed by atoms with van der Waals surface area (Å²) in [6.07, 6.45) is 1.89. The molecular weight excluding hydrogens is 416 g/mol. The molecule has 3 aromatic rings. The first-order valence-electron chi connectivity index (χ1n) is 9.96. The number of benzene rings is 2. The molecule has 1 fully saturated rings. The number of hydrogen-bond acceptors (Lipinski definition) is 5. The molecule has 0 bridgehead atoms. The molecule has 1 aliphatic carbocycles. The van der Waals surface area contributed by atoms with Gasteiger partial charge in [-0.3, -0.25) is 15.0 Å². The first-order valence-corrected chi connectivity index (χ1v) is 9.96. The molecule has 1 heterocycles. The smallest absolute Gasteiger partial charge is 0.316 e. The van der Waals surface area contributed by atoms with E-state index in [0.717, 1.165) is 29.5 Å². The maximum absolute atomic E-state index is 12.8. The van der Waals surface area contributed by atoms with Crippen molar-refractivity contribution in [3.8, 4) is 0 Å². The summed E-state index contributed by atoms with van der Waals surface area (Å²) in [6.45, 7) is 2.16. The molecule has 1 aliphatic rings. The van der Waals surface area contributed by atoms with Crippen LogP contribution in [0.15, 0.2) is 47.3 Å². The Morgan fingerprint density at radius 3 is 2.48 bits per heavy atom. The molecule has 0 radical (unpaired) electrons. The zero-order valence-electron chi connectivity index (χ0n) is 17.5. The van der Waals surface area contributed by atoms with Crippen molar-refractivity contribution in [3.05, 3.63) is 75.2 Å². The summed E-state index contributed by atoms with van der Waals surface area (Å²) < 4.78 is 6.86. The second-order valence-corrected chi connectivity index (χ2v) is 7.72. The van der Waals surface area contributed by atoms with E-state index in [2.05, 4.69) is 4.98 Å². The fourth-order valence-corrected chi connectivity index (χ4v) is 3.81. The molecule has 1 saturated carbocycles. The Hall–Kier alpha value is -3.19. The number of aromatic nitrogens is 2. The number of nitrogen functional groups attached to an aromatic ring is 1. The number of rotatable bonds is 6. The van der Waals surface area contributed by atoms with E-state index in [9.17, 15) is 9.59 Å². The lowest BCUT2D eigenvalue weighted by Gasteiger charge is -2.16. The normalized spacial score (nSPS) is 14.0.